The lowest BCUT2D eigenvalue weighted by Crippen LogP contribution is -2.40. The van der Waals surface area contributed by atoms with Gasteiger partial charge in [-0.05, 0) is 106 Å². The zero-order valence-electron chi connectivity index (χ0n) is 22.2. The van der Waals surface area contributed by atoms with Gasteiger partial charge in [0.25, 0.3) is 5.91 Å². The van der Waals surface area contributed by atoms with E-state index in [9.17, 15) is 9.59 Å². The zero-order chi connectivity index (χ0) is 27.1. The Bertz CT molecular complexity index is 1120. The minimum atomic E-state index is -0.671. The fourth-order valence-electron chi connectivity index (χ4n) is 4.93. The molecule has 2 aliphatic rings. The number of piperidine rings is 1. The number of likely N-dealkylation sites (tertiary alicyclic amines) is 1. The minimum Gasteiger partial charge on any atom is -0.494 e. The number of amides is 2. The summed E-state index contributed by atoms with van der Waals surface area (Å²) in [6.07, 6.45) is 4.24. The van der Waals surface area contributed by atoms with Crippen LogP contribution in [0.1, 0.15) is 46.0 Å². The lowest BCUT2D eigenvalue weighted by molar-refractivity contribution is -0.124. The largest absolute Gasteiger partial charge is 0.494 e. The van der Waals surface area contributed by atoms with Crippen molar-refractivity contribution in [2.45, 2.75) is 52.0 Å². The van der Waals surface area contributed by atoms with E-state index in [4.69, 9.17) is 28.6 Å². The Hall–Kier alpha value is -2.68. The number of hydrogen-bond donors (Lipinski definition) is 1. The molecule has 0 saturated carbocycles. The molecule has 0 bridgehead atoms. The Kier molecular flexibility index (Phi) is 9.99. The van der Waals surface area contributed by atoms with Crippen LogP contribution in [0.2, 0.25) is 5.02 Å². The summed E-state index contributed by atoms with van der Waals surface area (Å²) in [7, 11) is 0. The van der Waals surface area contributed by atoms with E-state index in [1.54, 1.807) is 30.3 Å². The first-order valence-electron chi connectivity index (χ1n) is 13.5. The Labute approximate surface area is 236 Å². The minimum absolute atomic E-state index is 0.00531. The highest BCUT2D eigenvalue weighted by molar-refractivity contribution is 7.80. The van der Waals surface area contributed by atoms with E-state index in [-0.39, 0.29) is 18.2 Å². The molecule has 0 unspecified atom stereocenters. The zero-order valence-corrected chi connectivity index (χ0v) is 23.8. The number of nitrogens with one attached hydrogen (secondary N) is 1. The van der Waals surface area contributed by atoms with E-state index >= 15 is 0 Å². The molecule has 2 amide bonds. The van der Waals surface area contributed by atoms with Crippen LogP contribution in [0.3, 0.4) is 0 Å². The molecule has 2 aromatic rings. The highest BCUT2D eigenvalue weighted by Crippen LogP contribution is 2.29. The molecule has 204 valence electrons. The summed E-state index contributed by atoms with van der Waals surface area (Å²) >= 11 is 12.0. The average molecular weight is 557 g/mol. The summed E-state index contributed by atoms with van der Waals surface area (Å²) in [5, 5.41) is 3.86. The number of carbonyl (C=O) groups excluding carboxylic acids is 2. The summed E-state index contributed by atoms with van der Waals surface area (Å²) in [6, 6.07) is 13.7. The van der Waals surface area contributed by atoms with Crippen molar-refractivity contribution in [2.75, 3.05) is 43.0 Å². The molecule has 1 N–H and O–H groups in total. The lowest BCUT2D eigenvalue weighted by atomic mass is 9.99. The standard InChI is InChI=1S/C29H37ClN4O3S/c1-3-18-37-25-10-8-23(9-11-25)31-27(35)20-26-28(36)34(24-7-4-6-22(30)19-24)29(38)33(26)15-5-14-32-16-12-21(2)13-17-32/h4,6-11,19,21,26H,3,5,12-18,20H2,1-2H3,(H,31,35)/t26-/m1/s1. The molecule has 9 heteroatoms. The smallest absolute Gasteiger partial charge is 0.256 e. The summed E-state index contributed by atoms with van der Waals surface area (Å²) < 4.78 is 5.61. The highest BCUT2D eigenvalue weighted by Gasteiger charge is 2.44. The first-order chi connectivity index (χ1) is 18.4. The van der Waals surface area contributed by atoms with Crippen LogP contribution in [-0.2, 0) is 9.59 Å². The van der Waals surface area contributed by atoms with Crippen LogP contribution < -0.4 is 15.0 Å². The Morgan fingerprint density at radius 2 is 1.87 bits per heavy atom. The first-order valence-corrected chi connectivity index (χ1v) is 14.3. The summed E-state index contributed by atoms with van der Waals surface area (Å²) in [6.45, 7) is 8.76. The lowest BCUT2D eigenvalue weighted by Gasteiger charge is -2.31. The molecular formula is C29H37ClN4O3S. The predicted molar refractivity (Wildman–Crippen MR) is 157 cm³/mol. The number of nitrogens with zero attached hydrogens (tertiary/aromatic N) is 3. The van der Waals surface area contributed by atoms with Crippen molar-refractivity contribution in [3.8, 4) is 5.75 Å². The van der Waals surface area contributed by atoms with Crippen LogP contribution in [0.25, 0.3) is 0 Å². The van der Waals surface area contributed by atoms with E-state index in [2.05, 4.69) is 24.1 Å². The number of halogens is 1. The maximum absolute atomic E-state index is 13.6. The van der Waals surface area contributed by atoms with Crippen LogP contribution >= 0.6 is 23.8 Å². The third-order valence-electron chi connectivity index (χ3n) is 7.12. The molecule has 7 nitrogen and oxygen atoms in total. The second-order valence-corrected chi connectivity index (χ2v) is 10.9. The van der Waals surface area contributed by atoms with Gasteiger partial charge >= 0.3 is 0 Å². The maximum Gasteiger partial charge on any atom is 0.256 e. The van der Waals surface area contributed by atoms with Crippen LogP contribution in [-0.4, -0.2) is 65.6 Å². The molecule has 1 atom stereocenters. The number of thiocarbonyl (C=S) groups is 1. The fourth-order valence-corrected chi connectivity index (χ4v) is 5.53. The summed E-state index contributed by atoms with van der Waals surface area (Å²) in [5.74, 6) is 1.09. The van der Waals surface area contributed by atoms with Gasteiger partial charge < -0.3 is 19.9 Å². The maximum atomic E-state index is 13.6. The molecule has 2 fully saturated rings. The van der Waals surface area contributed by atoms with Gasteiger partial charge in [0.1, 0.15) is 11.8 Å². The molecule has 0 aliphatic carbocycles. The fraction of sp³-hybridized carbons (Fsp3) is 0.483. The highest BCUT2D eigenvalue weighted by atomic mass is 35.5. The molecule has 0 radical (unpaired) electrons. The van der Waals surface area contributed by atoms with E-state index < -0.39 is 6.04 Å². The van der Waals surface area contributed by atoms with Crippen molar-refractivity contribution in [1.82, 2.24) is 9.80 Å². The number of carbonyl (C=O) groups is 2. The van der Waals surface area contributed by atoms with Gasteiger partial charge in [0.2, 0.25) is 5.91 Å². The number of benzene rings is 2. The average Bonchev–Trinajstić information content (AvgIpc) is 3.13. The van der Waals surface area contributed by atoms with E-state index in [0.29, 0.717) is 34.7 Å². The monoisotopic (exact) mass is 556 g/mol. The van der Waals surface area contributed by atoms with Gasteiger partial charge in [-0.15, -0.1) is 0 Å². The summed E-state index contributed by atoms with van der Waals surface area (Å²) in [5.41, 5.74) is 1.28. The van der Waals surface area contributed by atoms with Crippen LogP contribution in [0, 0.1) is 5.92 Å². The van der Waals surface area contributed by atoms with Crippen LogP contribution in [0.15, 0.2) is 48.5 Å². The van der Waals surface area contributed by atoms with Gasteiger partial charge in [-0.25, -0.2) is 0 Å². The Balaban J connectivity index is 1.43. The van der Waals surface area contributed by atoms with Crippen molar-refractivity contribution in [3.63, 3.8) is 0 Å². The van der Waals surface area contributed by atoms with Crippen molar-refractivity contribution in [2.24, 2.45) is 5.92 Å². The van der Waals surface area contributed by atoms with Crippen LogP contribution in [0.5, 0.6) is 5.75 Å². The molecule has 0 spiro atoms. The van der Waals surface area contributed by atoms with Crippen molar-refractivity contribution in [1.29, 1.82) is 0 Å². The second-order valence-electron chi connectivity index (χ2n) is 10.1. The van der Waals surface area contributed by atoms with Crippen LogP contribution in [0.4, 0.5) is 11.4 Å². The number of rotatable bonds is 11. The Morgan fingerprint density at radius 3 is 2.55 bits per heavy atom. The molecule has 2 aromatic carbocycles. The van der Waals surface area contributed by atoms with Gasteiger partial charge in [-0.1, -0.05) is 31.5 Å². The van der Waals surface area contributed by atoms with Crippen molar-refractivity contribution < 1.29 is 14.3 Å². The molecule has 0 aromatic heterocycles. The topological polar surface area (TPSA) is 65.1 Å². The van der Waals surface area contributed by atoms with E-state index in [1.807, 2.05) is 23.1 Å². The molecule has 2 saturated heterocycles. The van der Waals surface area contributed by atoms with Gasteiger partial charge in [-0.3, -0.25) is 14.5 Å². The third kappa shape index (κ3) is 7.24. The normalized spacial score (nSPS) is 18.8. The second kappa shape index (κ2) is 13.4. The van der Waals surface area contributed by atoms with Gasteiger partial charge in [-0.2, -0.15) is 0 Å². The SMILES string of the molecule is CCCOc1ccc(NC(=O)C[C@@H]2C(=O)N(c3cccc(Cl)c3)C(=S)N2CCCN2CCC(C)CC2)cc1. The number of ether oxygens (including phenoxy) is 1. The molecule has 38 heavy (non-hydrogen) atoms. The third-order valence-corrected chi connectivity index (χ3v) is 7.78. The Morgan fingerprint density at radius 1 is 1.13 bits per heavy atom. The van der Waals surface area contributed by atoms with Gasteiger partial charge in [0, 0.05) is 17.3 Å². The molecule has 4 rings (SSSR count). The molecule has 2 aliphatic heterocycles. The quantitative estimate of drug-likeness (QED) is 0.364. The van der Waals surface area contributed by atoms with E-state index in [0.717, 1.165) is 44.1 Å². The molecule has 2 heterocycles. The first kappa shape index (κ1) is 28.3. The van der Waals surface area contributed by atoms with Crippen molar-refractivity contribution in [3.05, 3.63) is 53.6 Å². The number of hydrogen-bond acceptors (Lipinski definition) is 5. The summed E-state index contributed by atoms with van der Waals surface area (Å²) in [4.78, 5) is 32.6. The number of anilines is 2. The van der Waals surface area contributed by atoms with E-state index in [1.165, 1.54) is 17.7 Å². The van der Waals surface area contributed by atoms with Gasteiger partial charge in [0.05, 0.1) is 18.7 Å². The molecular weight excluding hydrogens is 520 g/mol. The van der Waals surface area contributed by atoms with Gasteiger partial charge in [0.15, 0.2) is 5.11 Å². The van der Waals surface area contributed by atoms with Crippen molar-refractivity contribution >= 4 is 52.1 Å². The predicted octanol–water partition coefficient (Wildman–Crippen LogP) is 5.58.